The number of hydrogen-bond donors (Lipinski definition) is 1. The normalized spacial score (nSPS) is 34.8. The van der Waals surface area contributed by atoms with E-state index < -0.39 is 0 Å². The quantitative estimate of drug-likeness (QED) is 0.657. The Morgan fingerprint density at radius 3 is 2.77 bits per heavy atom. The first-order valence-electron chi connectivity index (χ1n) is 4.99. The second kappa shape index (κ2) is 3.37. The van der Waals surface area contributed by atoms with Crippen molar-refractivity contribution in [2.45, 2.75) is 25.7 Å². The summed E-state index contributed by atoms with van der Waals surface area (Å²) in [5.41, 5.74) is 0. The molecule has 0 saturated heterocycles. The van der Waals surface area contributed by atoms with Crippen molar-refractivity contribution in [2.75, 3.05) is 6.54 Å². The third kappa shape index (κ3) is 1.53. The van der Waals surface area contributed by atoms with Crippen LogP contribution in [-0.4, -0.2) is 12.5 Å². The predicted molar refractivity (Wildman–Crippen MR) is 47.6 cm³/mol. The second-order valence-corrected chi connectivity index (χ2v) is 3.98. The van der Waals surface area contributed by atoms with Crippen molar-refractivity contribution in [1.29, 1.82) is 5.26 Å². The Balaban J connectivity index is 1.71. The van der Waals surface area contributed by atoms with E-state index in [9.17, 15) is 4.79 Å². The Bertz CT molecular complexity index is 246. The number of hydrogen-bond acceptors (Lipinski definition) is 2. The van der Waals surface area contributed by atoms with Crippen LogP contribution in [0.5, 0.6) is 0 Å². The highest BCUT2D eigenvalue weighted by Crippen LogP contribution is 2.57. The second-order valence-electron chi connectivity index (χ2n) is 3.98. The molecule has 2 rings (SSSR count). The van der Waals surface area contributed by atoms with Gasteiger partial charge < -0.3 is 5.32 Å². The van der Waals surface area contributed by atoms with Gasteiger partial charge in [-0.25, -0.2) is 0 Å². The van der Waals surface area contributed by atoms with E-state index in [-0.39, 0.29) is 5.91 Å². The largest absolute Gasteiger partial charge is 0.355 e. The zero-order valence-electron chi connectivity index (χ0n) is 7.62. The molecule has 0 aromatic rings. The summed E-state index contributed by atoms with van der Waals surface area (Å²) < 4.78 is 0. The zero-order valence-corrected chi connectivity index (χ0v) is 7.62. The van der Waals surface area contributed by atoms with E-state index in [0.29, 0.717) is 30.7 Å². The summed E-state index contributed by atoms with van der Waals surface area (Å²) >= 11 is 0. The van der Waals surface area contributed by atoms with Crippen LogP contribution in [-0.2, 0) is 4.79 Å². The van der Waals surface area contributed by atoms with E-state index in [1.807, 2.05) is 6.07 Å². The number of rotatable bonds is 3. The number of carbonyl (C=O) groups is 1. The minimum absolute atomic E-state index is 0.185. The summed E-state index contributed by atoms with van der Waals surface area (Å²) in [7, 11) is 0. The SMILES string of the molecule is N#CCCNC(=O)C1C2CCCC21. The Hall–Kier alpha value is -1.04. The van der Waals surface area contributed by atoms with Crippen molar-refractivity contribution in [1.82, 2.24) is 5.32 Å². The summed E-state index contributed by atoms with van der Waals surface area (Å²) in [6.45, 7) is 0.519. The van der Waals surface area contributed by atoms with Gasteiger partial charge in [0, 0.05) is 12.5 Å². The Kier molecular flexibility index (Phi) is 2.22. The molecule has 2 aliphatic rings. The van der Waals surface area contributed by atoms with Gasteiger partial charge in [-0.3, -0.25) is 4.79 Å². The Morgan fingerprint density at radius 1 is 1.46 bits per heavy atom. The molecule has 3 nitrogen and oxygen atoms in total. The Labute approximate surface area is 78.1 Å². The molecule has 0 heterocycles. The molecule has 0 spiro atoms. The standard InChI is InChI=1S/C10H14N2O/c11-5-2-6-12-10(13)9-7-3-1-4-8(7)9/h7-9H,1-4,6H2,(H,12,13). The van der Waals surface area contributed by atoms with Crippen LogP contribution >= 0.6 is 0 Å². The number of nitriles is 1. The maximum Gasteiger partial charge on any atom is 0.223 e. The van der Waals surface area contributed by atoms with Crippen LogP contribution < -0.4 is 5.32 Å². The van der Waals surface area contributed by atoms with Crippen LogP contribution in [0.25, 0.3) is 0 Å². The molecule has 0 bridgehead atoms. The van der Waals surface area contributed by atoms with E-state index in [1.165, 1.54) is 19.3 Å². The molecule has 1 N–H and O–H groups in total. The highest BCUT2D eigenvalue weighted by molar-refractivity contribution is 5.82. The topological polar surface area (TPSA) is 52.9 Å². The lowest BCUT2D eigenvalue weighted by atomic mass is 10.1. The number of nitrogens with one attached hydrogen (secondary N) is 1. The van der Waals surface area contributed by atoms with Crippen molar-refractivity contribution >= 4 is 5.91 Å². The first-order chi connectivity index (χ1) is 6.34. The molecule has 0 aromatic carbocycles. The van der Waals surface area contributed by atoms with E-state index >= 15 is 0 Å². The first-order valence-corrected chi connectivity index (χ1v) is 4.99. The van der Waals surface area contributed by atoms with Crippen molar-refractivity contribution in [3.8, 4) is 6.07 Å². The third-order valence-corrected chi connectivity index (χ3v) is 3.25. The van der Waals surface area contributed by atoms with Gasteiger partial charge in [0.2, 0.25) is 5.91 Å². The molecule has 2 atom stereocenters. The summed E-state index contributed by atoms with van der Waals surface area (Å²) in [6.07, 6.45) is 4.20. The van der Waals surface area contributed by atoms with Crippen molar-refractivity contribution in [3.63, 3.8) is 0 Å². The van der Waals surface area contributed by atoms with Crippen molar-refractivity contribution in [2.24, 2.45) is 17.8 Å². The van der Waals surface area contributed by atoms with Crippen LogP contribution in [0.15, 0.2) is 0 Å². The van der Waals surface area contributed by atoms with Crippen molar-refractivity contribution in [3.05, 3.63) is 0 Å². The average molecular weight is 178 g/mol. The molecule has 2 fully saturated rings. The van der Waals surface area contributed by atoms with Crippen LogP contribution in [0.1, 0.15) is 25.7 Å². The maximum atomic E-state index is 11.5. The molecule has 0 aromatic heterocycles. The molecule has 1 amide bonds. The summed E-state index contributed by atoms with van der Waals surface area (Å²) in [5, 5.41) is 11.1. The number of nitrogens with zero attached hydrogens (tertiary/aromatic N) is 1. The van der Waals surface area contributed by atoms with Gasteiger partial charge in [-0.05, 0) is 24.7 Å². The van der Waals surface area contributed by atoms with Crippen LogP contribution in [0.4, 0.5) is 0 Å². The number of fused-ring (bicyclic) bond motifs is 1. The summed E-state index contributed by atoms with van der Waals surface area (Å²) in [5.74, 6) is 1.85. The van der Waals surface area contributed by atoms with Crippen LogP contribution in [0.2, 0.25) is 0 Å². The molecule has 13 heavy (non-hydrogen) atoms. The van der Waals surface area contributed by atoms with Gasteiger partial charge in [0.1, 0.15) is 0 Å². The van der Waals surface area contributed by atoms with Gasteiger partial charge in [0.15, 0.2) is 0 Å². The fourth-order valence-corrected chi connectivity index (χ4v) is 2.57. The zero-order chi connectivity index (χ0) is 9.26. The fraction of sp³-hybridized carbons (Fsp3) is 0.800. The molecule has 3 heteroatoms. The number of carbonyl (C=O) groups excluding carboxylic acids is 1. The average Bonchev–Trinajstić information content (AvgIpc) is 2.61. The monoisotopic (exact) mass is 178 g/mol. The van der Waals surface area contributed by atoms with Gasteiger partial charge >= 0.3 is 0 Å². The predicted octanol–water partition coefficient (Wildman–Crippen LogP) is 1.06. The van der Waals surface area contributed by atoms with Gasteiger partial charge in [0.05, 0.1) is 12.5 Å². The highest BCUT2D eigenvalue weighted by atomic mass is 16.2. The van der Waals surface area contributed by atoms with Gasteiger partial charge in [-0.2, -0.15) is 5.26 Å². The van der Waals surface area contributed by atoms with Gasteiger partial charge in [0.25, 0.3) is 0 Å². The van der Waals surface area contributed by atoms with E-state index in [1.54, 1.807) is 0 Å². The third-order valence-electron chi connectivity index (χ3n) is 3.25. The van der Waals surface area contributed by atoms with Crippen molar-refractivity contribution < 1.29 is 4.79 Å². The Morgan fingerprint density at radius 2 is 2.15 bits per heavy atom. The maximum absolute atomic E-state index is 11.5. The highest BCUT2D eigenvalue weighted by Gasteiger charge is 2.56. The fourth-order valence-electron chi connectivity index (χ4n) is 2.57. The molecule has 70 valence electrons. The van der Waals surface area contributed by atoms with Crippen LogP contribution in [0.3, 0.4) is 0 Å². The molecule has 2 aliphatic carbocycles. The molecular formula is C10H14N2O. The molecular weight excluding hydrogens is 164 g/mol. The van der Waals surface area contributed by atoms with Gasteiger partial charge in [-0.15, -0.1) is 0 Å². The minimum atomic E-state index is 0.185. The minimum Gasteiger partial charge on any atom is -0.355 e. The molecule has 0 aliphatic heterocycles. The van der Waals surface area contributed by atoms with Gasteiger partial charge in [-0.1, -0.05) is 6.42 Å². The summed E-state index contributed by atoms with van der Waals surface area (Å²) in [4.78, 5) is 11.5. The van der Waals surface area contributed by atoms with E-state index in [0.717, 1.165) is 0 Å². The lowest BCUT2D eigenvalue weighted by Crippen LogP contribution is -2.27. The lowest BCUT2D eigenvalue weighted by Gasteiger charge is -2.03. The molecule has 2 unspecified atom stereocenters. The van der Waals surface area contributed by atoms with Crippen LogP contribution in [0, 0.1) is 29.1 Å². The first kappa shape index (κ1) is 8.55. The lowest BCUT2D eigenvalue weighted by molar-refractivity contribution is -0.123. The van der Waals surface area contributed by atoms with E-state index in [2.05, 4.69) is 5.32 Å². The number of amides is 1. The molecule has 0 radical (unpaired) electrons. The van der Waals surface area contributed by atoms with E-state index in [4.69, 9.17) is 5.26 Å². The molecule has 2 saturated carbocycles. The summed E-state index contributed by atoms with van der Waals surface area (Å²) in [6, 6.07) is 2.02. The smallest absolute Gasteiger partial charge is 0.223 e.